The molecule has 1 aromatic heterocycles. The fraction of sp³-hybridized carbons (Fsp3) is 0.583. The third kappa shape index (κ3) is 3.66. The van der Waals surface area contributed by atoms with Gasteiger partial charge in [-0.1, -0.05) is 0 Å². The predicted molar refractivity (Wildman–Crippen MR) is 72.4 cm³/mol. The van der Waals surface area contributed by atoms with E-state index in [2.05, 4.69) is 10.3 Å². The van der Waals surface area contributed by atoms with Gasteiger partial charge in [0.1, 0.15) is 0 Å². The number of hydrogen-bond donors (Lipinski definition) is 1. The van der Waals surface area contributed by atoms with Gasteiger partial charge in [-0.25, -0.2) is 9.78 Å². The number of nitrogens with one attached hydrogen (secondary N) is 1. The van der Waals surface area contributed by atoms with Crippen molar-refractivity contribution in [3.8, 4) is 0 Å². The van der Waals surface area contributed by atoms with E-state index in [1.807, 2.05) is 4.90 Å². The summed E-state index contributed by atoms with van der Waals surface area (Å²) in [6.07, 6.45) is 2.16. The summed E-state index contributed by atoms with van der Waals surface area (Å²) in [4.78, 5) is 29.2. The first-order valence-corrected chi connectivity index (χ1v) is 7.23. The van der Waals surface area contributed by atoms with Crippen LogP contribution >= 0.6 is 11.3 Å². The van der Waals surface area contributed by atoms with Gasteiger partial charge < -0.3 is 15.0 Å². The van der Waals surface area contributed by atoms with Crippen molar-refractivity contribution in [1.82, 2.24) is 9.88 Å². The molecular formula is C12H17N3O3S. The van der Waals surface area contributed by atoms with Crippen LogP contribution in [-0.4, -0.2) is 48.0 Å². The molecule has 0 bridgehead atoms. The standard InChI is InChI=1S/C12H17N3O3S/c1-2-18-11(17)9-8-19-12(14-9)13-7-10(16)15-5-3-4-6-15/h8H,2-7H2,1H3,(H,13,14). The number of carbonyl (C=O) groups excluding carboxylic acids is 2. The van der Waals surface area contributed by atoms with Crippen LogP contribution in [0.3, 0.4) is 0 Å². The summed E-state index contributed by atoms with van der Waals surface area (Å²) in [5.41, 5.74) is 0.281. The van der Waals surface area contributed by atoms with E-state index in [1.54, 1.807) is 12.3 Å². The summed E-state index contributed by atoms with van der Waals surface area (Å²) in [6.45, 7) is 3.97. The van der Waals surface area contributed by atoms with Gasteiger partial charge in [0.15, 0.2) is 10.8 Å². The van der Waals surface area contributed by atoms with Crippen molar-refractivity contribution in [1.29, 1.82) is 0 Å². The number of aromatic nitrogens is 1. The topological polar surface area (TPSA) is 71.5 Å². The molecule has 0 spiro atoms. The van der Waals surface area contributed by atoms with Gasteiger partial charge in [-0.2, -0.15) is 0 Å². The Morgan fingerprint density at radius 3 is 2.89 bits per heavy atom. The predicted octanol–water partition coefficient (Wildman–Crippen LogP) is 1.35. The molecule has 0 aromatic carbocycles. The van der Waals surface area contributed by atoms with Crippen molar-refractivity contribution in [2.45, 2.75) is 19.8 Å². The quantitative estimate of drug-likeness (QED) is 0.826. The van der Waals surface area contributed by atoms with Gasteiger partial charge >= 0.3 is 5.97 Å². The molecule has 104 valence electrons. The molecule has 0 atom stereocenters. The van der Waals surface area contributed by atoms with Crippen molar-refractivity contribution in [3.63, 3.8) is 0 Å². The molecule has 0 saturated carbocycles. The van der Waals surface area contributed by atoms with Gasteiger partial charge in [-0.3, -0.25) is 4.79 Å². The highest BCUT2D eigenvalue weighted by atomic mass is 32.1. The highest BCUT2D eigenvalue weighted by Crippen LogP contribution is 2.16. The van der Waals surface area contributed by atoms with Gasteiger partial charge in [0, 0.05) is 18.5 Å². The zero-order valence-electron chi connectivity index (χ0n) is 10.8. The van der Waals surface area contributed by atoms with Gasteiger partial charge in [0.05, 0.1) is 13.2 Å². The van der Waals surface area contributed by atoms with Crippen LogP contribution in [0.25, 0.3) is 0 Å². The minimum absolute atomic E-state index is 0.0744. The molecule has 0 unspecified atom stereocenters. The van der Waals surface area contributed by atoms with Crippen LogP contribution in [0, 0.1) is 0 Å². The van der Waals surface area contributed by atoms with E-state index in [1.165, 1.54) is 11.3 Å². The third-order valence-corrected chi connectivity index (χ3v) is 3.64. The minimum atomic E-state index is -0.433. The minimum Gasteiger partial charge on any atom is -0.461 e. The number of likely N-dealkylation sites (tertiary alicyclic amines) is 1. The van der Waals surface area contributed by atoms with Crippen LogP contribution in [0.2, 0.25) is 0 Å². The van der Waals surface area contributed by atoms with E-state index in [-0.39, 0.29) is 18.1 Å². The van der Waals surface area contributed by atoms with Crippen LogP contribution in [0.4, 0.5) is 5.13 Å². The summed E-state index contributed by atoms with van der Waals surface area (Å²) < 4.78 is 4.85. The maximum atomic E-state index is 11.8. The Morgan fingerprint density at radius 1 is 1.47 bits per heavy atom. The Balaban J connectivity index is 1.82. The van der Waals surface area contributed by atoms with E-state index in [0.717, 1.165) is 25.9 Å². The Labute approximate surface area is 115 Å². The Bertz CT molecular complexity index is 455. The Morgan fingerprint density at radius 2 is 2.21 bits per heavy atom. The normalized spacial score (nSPS) is 14.5. The summed E-state index contributed by atoms with van der Waals surface area (Å²) in [5.74, 6) is -0.358. The van der Waals surface area contributed by atoms with E-state index >= 15 is 0 Å². The van der Waals surface area contributed by atoms with Crippen LogP contribution in [0.5, 0.6) is 0 Å². The molecular weight excluding hydrogens is 266 g/mol. The lowest BCUT2D eigenvalue weighted by Gasteiger charge is -2.14. The molecule has 1 aliphatic rings. The molecule has 0 radical (unpaired) electrons. The van der Waals surface area contributed by atoms with E-state index in [4.69, 9.17) is 4.74 Å². The molecule has 1 aromatic rings. The zero-order chi connectivity index (χ0) is 13.7. The second-order valence-electron chi connectivity index (χ2n) is 4.20. The average molecular weight is 283 g/mol. The SMILES string of the molecule is CCOC(=O)c1csc(NCC(=O)N2CCCC2)n1. The smallest absolute Gasteiger partial charge is 0.357 e. The number of amides is 1. The molecule has 1 N–H and O–H groups in total. The second-order valence-corrected chi connectivity index (χ2v) is 5.06. The number of ether oxygens (including phenoxy) is 1. The highest BCUT2D eigenvalue weighted by Gasteiger charge is 2.18. The van der Waals surface area contributed by atoms with Crippen molar-refractivity contribution < 1.29 is 14.3 Å². The fourth-order valence-corrected chi connectivity index (χ4v) is 2.56. The lowest BCUT2D eigenvalue weighted by Crippen LogP contribution is -2.32. The molecule has 1 saturated heterocycles. The first-order chi connectivity index (χ1) is 9.20. The molecule has 7 heteroatoms. The van der Waals surface area contributed by atoms with Crippen LogP contribution in [0.1, 0.15) is 30.3 Å². The molecule has 0 aliphatic carbocycles. The number of nitrogens with zero attached hydrogens (tertiary/aromatic N) is 2. The highest BCUT2D eigenvalue weighted by molar-refractivity contribution is 7.13. The van der Waals surface area contributed by atoms with Gasteiger partial charge in [-0.05, 0) is 19.8 Å². The van der Waals surface area contributed by atoms with Crippen molar-refractivity contribution in [2.75, 3.05) is 31.6 Å². The molecule has 19 heavy (non-hydrogen) atoms. The Kier molecular flexibility index (Phi) is 4.73. The van der Waals surface area contributed by atoms with E-state index in [0.29, 0.717) is 11.7 Å². The van der Waals surface area contributed by atoms with Gasteiger partial charge in [0.2, 0.25) is 5.91 Å². The summed E-state index contributed by atoms with van der Waals surface area (Å²) in [7, 11) is 0. The lowest BCUT2D eigenvalue weighted by atomic mass is 10.4. The molecule has 2 heterocycles. The number of hydrogen-bond acceptors (Lipinski definition) is 6. The first kappa shape index (κ1) is 13.8. The van der Waals surface area contributed by atoms with Crippen molar-refractivity contribution in [3.05, 3.63) is 11.1 Å². The maximum absolute atomic E-state index is 11.8. The summed E-state index contributed by atoms with van der Waals surface area (Å²) >= 11 is 1.29. The van der Waals surface area contributed by atoms with Crippen LogP contribution in [0.15, 0.2) is 5.38 Å². The Hall–Kier alpha value is -1.63. The second kappa shape index (κ2) is 6.51. The summed E-state index contributed by atoms with van der Waals surface area (Å²) in [5, 5.41) is 5.14. The van der Waals surface area contributed by atoms with Crippen LogP contribution in [-0.2, 0) is 9.53 Å². The number of thiazole rings is 1. The average Bonchev–Trinajstić information content (AvgIpc) is 3.07. The molecule has 2 rings (SSSR count). The molecule has 1 amide bonds. The number of carbonyl (C=O) groups is 2. The van der Waals surface area contributed by atoms with Crippen molar-refractivity contribution >= 4 is 28.3 Å². The van der Waals surface area contributed by atoms with Gasteiger partial charge in [0.25, 0.3) is 0 Å². The largest absolute Gasteiger partial charge is 0.461 e. The zero-order valence-corrected chi connectivity index (χ0v) is 11.7. The number of esters is 1. The van der Waals surface area contributed by atoms with E-state index < -0.39 is 5.97 Å². The van der Waals surface area contributed by atoms with Crippen LogP contribution < -0.4 is 5.32 Å². The van der Waals surface area contributed by atoms with Gasteiger partial charge in [-0.15, -0.1) is 11.3 Å². The maximum Gasteiger partial charge on any atom is 0.357 e. The third-order valence-electron chi connectivity index (χ3n) is 2.84. The van der Waals surface area contributed by atoms with Crippen molar-refractivity contribution in [2.24, 2.45) is 0 Å². The molecule has 6 nitrogen and oxygen atoms in total. The fourth-order valence-electron chi connectivity index (χ4n) is 1.88. The number of rotatable bonds is 5. The number of anilines is 1. The lowest BCUT2D eigenvalue weighted by molar-refractivity contribution is -0.128. The molecule has 1 aliphatic heterocycles. The first-order valence-electron chi connectivity index (χ1n) is 6.35. The summed E-state index contributed by atoms with van der Waals surface area (Å²) in [6, 6.07) is 0. The molecule has 1 fully saturated rings. The van der Waals surface area contributed by atoms with E-state index in [9.17, 15) is 9.59 Å². The monoisotopic (exact) mass is 283 g/mol.